The van der Waals surface area contributed by atoms with Gasteiger partial charge in [0.15, 0.2) is 5.78 Å². The van der Waals surface area contributed by atoms with Crippen molar-refractivity contribution in [1.82, 2.24) is 4.90 Å². The van der Waals surface area contributed by atoms with E-state index in [2.05, 4.69) is 24.0 Å². The number of hydrogen-bond donors (Lipinski definition) is 0. The molecule has 0 N–H and O–H groups in total. The average molecular weight is 271 g/mol. The summed E-state index contributed by atoms with van der Waals surface area (Å²) in [5, 5.41) is 0. The SMILES string of the molecule is Cc1ccc(/C=C/C(=O)C(C)(C)N2CCCCC2)cc1. The lowest BCUT2D eigenvalue weighted by atomic mass is 9.93. The Balaban J connectivity index is 2.04. The van der Waals surface area contributed by atoms with E-state index < -0.39 is 0 Å². The molecule has 0 aliphatic carbocycles. The van der Waals surface area contributed by atoms with Crippen molar-refractivity contribution in [2.24, 2.45) is 0 Å². The number of hydrogen-bond acceptors (Lipinski definition) is 2. The first-order valence-electron chi connectivity index (χ1n) is 7.54. The predicted molar refractivity (Wildman–Crippen MR) is 84.7 cm³/mol. The molecule has 0 amide bonds. The molecule has 0 atom stereocenters. The van der Waals surface area contributed by atoms with E-state index in [1.807, 2.05) is 32.1 Å². The number of rotatable bonds is 4. The fourth-order valence-electron chi connectivity index (χ4n) is 2.66. The molecule has 1 fully saturated rings. The van der Waals surface area contributed by atoms with Gasteiger partial charge >= 0.3 is 0 Å². The summed E-state index contributed by atoms with van der Waals surface area (Å²) in [7, 11) is 0. The number of likely N-dealkylation sites (tertiary alicyclic amines) is 1. The number of piperidine rings is 1. The minimum atomic E-state index is -0.387. The molecule has 0 bridgehead atoms. The Hall–Kier alpha value is -1.41. The number of aryl methyl sites for hydroxylation is 1. The molecule has 0 aromatic heterocycles. The van der Waals surface area contributed by atoms with Crippen molar-refractivity contribution >= 4 is 11.9 Å². The standard InChI is InChI=1S/C18H25NO/c1-15-7-9-16(10-8-15)11-12-17(20)18(2,3)19-13-5-4-6-14-19/h7-12H,4-6,13-14H2,1-3H3/b12-11+. The maximum absolute atomic E-state index is 12.5. The van der Waals surface area contributed by atoms with Gasteiger partial charge in [-0.25, -0.2) is 0 Å². The van der Waals surface area contributed by atoms with Crippen LogP contribution in [0.25, 0.3) is 6.08 Å². The van der Waals surface area contributed by atoms with Crippen molar-refractivity contribution in [2.45, 2.75) is 45.6 Å². The Labute approximate surface area is 122 Å². The van der Waals surface area contributed by atoms with Crippen LogP contribution in [0.4, 0.5) is 0 Å². The normalized spacial score (nSPS) is 17.6. The zero-order chi connectivity index (χ0) is 14.6. The molecule has 108 valence electrons. The van der Waals surface area contributed by atoms with Crippen LogP contribution in [0.1, 0.15) is 44.2 Å². The summed E-state index contributed by atoms with van der Waals surface area (Å²) in [5.74, 6) is 0.194. The van der Waals surface area contributed by atoms with Crippen molar-refractivity contribution in [3.63, 3.8) is 0 Å². The summed E-state index contributed by atoms with van der Waals surface area (Å²) >= 11 is 0. The summed E-state index contributed by atoms with van der Waals surface area (Å²) < 4.78 is 0. The molecule has 2 nitrogen and oxygen atoms in total. The second kappa shape index (κ2) is 6.36. The number of carbonyl (C=O) groups is 1. The first-order valence-corrected chi connectivity index (χ1v) is 7.54. The summed E-state index contributed by atoms with van der Waals surface area (Å²) in [6.45, 7) is 8.23. The highest BCUT2D eigenvalue weighted by Crippen LogP contribution is 2.22. The molecule has 0 spiro atoms. The van der Waals surface area contributed by atoms with Gasteiger partial charge in [-0.05, 0) is 58.3 Å². The molecule has 0 saturated carbocycles. The number of ketones is 1. The van der Waals surface area contributed by atoms with Crippen molar-refractivity contribution in [3.8, 4) is 0 Å². The van der Waals surface area contributed by atoms with E-state index in [4.69, 9.17) is 0 Å². The molecule has 0 radical (unpaired) electrons. The molecule has 1 aliphatic rings. The molecule has 1 heterocycles. The van der Waals surface area contributed by atoms with Gasteiger partial charge in [-0.2, -0.15) is 0 Å². The van der Waals surface area contributed by atoms with Crippen LogP contribution in [-0.4, -0.2) is 29.3 Å². The Morgan fingerprint density at radius 1 is 1.10 bits per heavy atom. The number of benzene rings is 1. The van der Waals surface area contributed by atoms with Gasteiger partial charge < -0.3 is 0 Å². The van der Waals surface area contributed by atoms with E-state index in [0.717, 1.165) is 18.7 Å². The molecule has 1 aromatic rings. The van der Waals surface area contributed by atoms with E-state index in [1.54, 1.807) is 6.08 Å². The Kier molecular flexibility index (Phi) is 4.77. The van der Waals surface area contributed by atoms with Crippen LogP contribution in [0.15, 0.2) is 30.3 Å². The second-order valence-corrected chi connectivity index (χ2v) is 6.21. The van der Waals surface area contributed by atoms with Crippen molar-refractivity contribution < 1.29 is 4.79 Å². The maximum atomic E-state index is 12.5. The molecule has 1 aromatic carbocycles. The van der Waals surface area contributed by atoms with Crippen LogP contribution in [0.5, 0.6) is 0 Å². The molecule has 1 aliphatic heterocycles. The molecule has 20 heavy (non-hydrogen) atoms. The van der Waals surface area contributed by atoms with Gasteiger partial charge in [-0.3, -0.25) is 9.69 Å². The second-order valence-electron chi connectivity index (χ2n) is 6.21. The van der Waals surface area contributed by atoms with E-state index in [1.165, 1.54) is 24.8 Å². The molecule has 1 saturated heterocycles. The fraction of sp³-hybridized carbons (Fsp3) is 0.500. The summed E-state index contributed by atoms with van der Waals surface area (Å²) in [6, 6.07) is 8.24. The quantitative estimate of drug-likeness (QED) is 0.775. The summed E-state index contributed by atoms with van der Waals surface area (Å²) in [4.78, 5) is 14.8. The molecule has 2 rings (SSSR count). The third-order valence-corrected chi connectivity index (χ3v) is 4.25. The first-order chi connectivity index (χ1) is 9.50. The zero-order valence-corrected chi connectivity index (χ0v) is 12.9. The van der Waals surface area contributed by atoms with Crippen LogP contribution in [0, 0.1) is 6.92 Å². The van der Waals surface area contributed by atoms with E-state index in [0.29, 0.717) is 0 Å². The molecular weight excluding hydrogens is 246 g/mol. The van der Waals surface area contributed by atoms with Gasteiger partial charge in [0, 0.05) is 0 Å². The van der Waals surface area contributed by atoms with Gasteiger partial charge in [0.1, 0.15) is 0 Å². The van der Waals surface area contributed by atoms with Crippen LogP contribution in [0.2, 0.25) is 0 Å². The summed E-state index contributed by atoms with van der Waals surface area (Å²) in [6.07, 6.45) is 7.36. The third kappa shape index (κ3) is 3.57. The van der Waals surface area contributed by atoms with Gasteiger partial charge in [-0.15, -0.1) is 0 Å². The van der Waals surface area contributed by atoms with Crippen molar-refractivity contribution in [2.75, 3.05) is 13.1 Å². The van der Waals surface area contributed by atoms with Crippen molar-refractivity contribution in [3.05, 3.63) is 41.5 Å². The topological polar surface area (TPSA) is 20.3 Å². The molecule has 0 unspecified atom stereocenters. The minimum absolute atomic E-state index is 0.194. The fourth-order valence-corrected chi connectivity index (χ4v) is 2.66. The predicted octanol–water partition coefficient (Wildman–Crippen LogP) is 3.84. The lowest BCUT2D eigenvalue weighted by molar-refractivity contribution is -0.125. The summed E-state index contributed by atoms with van der Waals surface area (Å²) in [5.41, 5.74) is 1.93. The highest BCUT2D eigenvalue weighted by molar-refractivity contribution is 6.00. The first kappa shape index (κ1) is 15.0. The van der Waals surface area contributed by atoms with Crippen LogP contribution in [0.3, 0.4) is 0 Å². The maximum Gasteiger partial charge on any atom is 0.175 e. The van der Waals surface area contributed by atoms with Gasteiger partial charge in [0.2, 0.25) is 0 Å². The van der Waals surface area contributed by atoms with Crippen LogP contribution >= 0.6 is 0 Å². The van der Waals surface area contributed by atoms with E-state index in [9.17, 15) is 4.79 Å². The smallest absolute Gasteiger partial charge is 0.175 e. The van der Waals surface area contributed by atoms with Gasteiger partial charge in [0.05, 0.1) is 5.54 Å². The number of carbonyl (C=O) groups excluding carboxylic acids is 1. The molecule has 2 heteroatoms. The highest BCUT2D eigenvalue weighted by Gasteiger charge is 2.33. The lowest BCUT2D eigenvalue weighted by Gasteiger charge is -2.39. The minimum Gasteiger partial charge on any atom is -0.293 e. The van der Waals surface area contributed by atoms with E-state index in [-0.39, 0.29) is 11.3 Å². The number of nitrogens with zero attached hydrogens (tertiary/aromatic N) is 1. The zero-order valence-electron chi connectivity index (χ0n) is 12.9. The Morgan fingerprint density at radius 2 is 1.70 bits per heavy atom. The van der Waals surface area contributed by atoms with Crippen LogP contribution in [-0.2, 0) is 4.79 Å². The van der Waals surface area contributed by atoms with Crippen molar-refractivity contribution in [1.29, 1.82) is 0 Å². The third-order valence-electron chi connectivity index (χ3n) is 4.25. The van der Waals surface area contributed by atoms with E-state index >= 15 is 0 Å². The lowest BCUT2D eigenvalue weighted by Crippen LogP contribution is -2.51. The Bertz CT molecular complexity index is 479. The highest BCUT2D eigenvalue weighted by atomic mass is 16.1. The molecular formula is C18H25NO. The largest absolute Gasteiger partial charge is 0.293 e. The van der Waals surface area contributed by atoms with Crippen LogP contribution < -0.4 is 0 Å². The average Bonchev–Trinajstić information content (AvgIpc) is 2.47. The van der Waals surface area contributed by atoms with Gasteiger partial charge in [-0.1, -0.05) is 42.3 Å². The van der Waals surface area contributed by atoms with Gasteiger partial charge in [0.25, 0.3) is 0 Å². The monoisotopic (exact) mass is 271 g/mol. The Morgan fingerprint density at radius 3 is 2.30 bits per heavy atom.